The van der Waals surface area contributed by atoms with Gasteiger partial charge in [-0.05, 0) is 31.2 Å². The first-order valence-corrected chi connectivity index (χ1v) is 6.20. The SMILES string of the molecule is CCOc1cccc(NC(=O)c2ccnc(NN)c2)c1. The van der Waals surface area contributed by atoms with Crippen LogP contribution >= 0.6 is 0 Å². The second-order valence-corrected chi connectivity index (χ2v) is 3.99. The lowest BCUT2D eigenvalue weighted by Gasteiger charge is -2.08. The van der Waals surface area contributed by atoms with Crippen molar-refractivity contribution in [1.82, 2.24) is 4.98 Å². The Kier molecular flexibility index (Phi) is 4.52. The first-order chi connectivity index (χ1) is 9.72. The van der Waals surface area contributed by atoms with Crippen molar-refractivity contribution in [3.8, 4) is 5.75 Å². The number of rotatable bonds is 5. The lowest BCUT2D eigenvalue weighted by Crippen LogP contribution is -2.14. The van der Waals surface area contributed by atoms with E-state index in [-0.39, 0.29) is 5.91 Å². The summed E-state index contributed by atoms with van der Waals surface area (Å²) in [4.78, 5) is 16.1. The summed E-state index contributed by atoms with van der Waals surface area (Å²) in [6.07, 6.45) is 1.51. The van der Waals surface area contributed by atoms with Crippen molar-refractivity contribution in [3.63, 3.8) is 0 Å². The molecule has 6 nitrogen and oxygen atoms in total. The van der Waals surface area contributed by atoms with E-state index in [9.17, 15) is 4.79 Å². The van der Waals surface area contributed by atoms with Crippen LogP contribution in [0, 0.1) is 0 Å². The minimum atomic E-state index is -0.238. The molecule has 6 heteroatoms. The Morgan fingerprint density at radius 2 is 2.20 bits per heavy atom. The first kappa shape index (κ1) is 13.8. The van der Waals surface area contributed by atoms with Gasteiger partial charge in [0.25, 0.3) is 5.91 Å². The smallest absolute Gasteiger partial charge is 0.255 e. The molecule has 1 aromatic heterocycles. The Morgan fingerprint density at radius 3 is 2.95 bits per heavy atom. The molecule has 1 aromatic carbocycles. The summed E-state index contributed by atoms with van der Waals surface area (Å²) in [6.45, 7) is 2.48. The van der Waals surface area contributed by atoms with E-state index in [0.29, 0.717) is 29.4 Å². The second-order valence-electron chi connectivity index (χ2n) is 3.99. The van der Waals surface area contributed by atoms with Crippen LogP contribution in [-0.2, 0) is 0 Å². The molecule has 2 aromatic rings. The van der Waals surface area contributed by atoms with Crippen molar-refractivity contribution in [3.05, 3.63) is 48.2 Å². The molecule has 0 saturated heterocycles. The van der Waals surface area contributed by atoms with Gasteiger partial charge >= 0.3 is 0 Å². The second kappa shape index (κ2) is 6.53. The van der Waals surface area contributed by atoms with Gasteiger partial charge in [-0.2, -0.15) is 0 Å². The number of hydrogen-bond donors (Lipinski definition) is 3. The van der Waals surface area contributed by atoms with E-state index >= 15 is 0 Å². The highest BCUT2D eigenvalue weighted by Crippen LogP contribution is 2.18. The molecule has 0 aliphatic carbocycles. The van der Waals surface area contributed by atoms with Gasteiger partial charge in [0.2, 0.25) is 0 Å². The van der Waals surface area contributed by atoms with Crippen LogP contribution in [0.3, 0.4) is 0 Å². The van der Waals surface area contributed by atoms with Gasteiger partial charge in [-0.1, -0.05) is 6.07 Å². The van der Waals surface area contributed by atoms with Gasteiger partial charge in [0.15, 0.2) is 0 Å². The van der Waals surface area contributed by atoms with Crippen molar-refractivity contribution in [2.75, 3.05) is 17.3 Å². The number of amides is 1. The van der Waals surface area contributed by atoms with Crippen molar-refractivity contribution >= 4 is 17.4 Å². The topological polar surface area (TPSA) is 89.3 Å². The molecule has 0 radical (unpaired) electrons. The molecule has 1 amide bonds. The maximum atomic E-state index is 12.1. The molecule has 0 spiro atoms. The van der Waals surface area contributed by atoms with Crippen LogP contribution in [0.4, 0.5) is 11.5 Å². The standard InChI is InChI=1S/C14H16N4O2/c1-2-20-12-5-3-4-11(9-12)17-14(19)10-6-7-16-13(8-10)18-15/h3-9H,2,15H2,1H3,(H,16,18)(H,17,19). The number of nitrogens with two attached hydrogens (primary N) is 1. The highest BCUT2D eigenvalue weighted by molar-refractivity contribution is 6.04. The number of benzene rings is 1. The summed E-state index contributed by atoms with van der Waals surface area (Å²) in [5.41, 5.74) is 3.53. The molecule has 0 unspecified atom stereocenters. The molecule has 0 fully saturated rings. The Balaban J connectivity index is 2.12. The van der Waals surface area contributed by atoms with Gasteiger partial charge in [0, 0.05) is 23.5 Å². The molecule has 1 heterocycles. The molecule has 0 saturated carbocycles. The normalized spacial score (nSPS) is 9.90. The first-order valence-electron chi connectivity index (χ1n) is 6.20. The average Bonchev–Trinajstić information content (AvgIpc) is 2.48. The zero-order chi connectivity index (χ0) is 14.4. The zero-order valence-corrected chi connectivity index (χ0v) is 11.1. The van der Waals surface area contributed by atoms with Crippen molar-refractivity contribution in [2.24, 2.45) is 5.84 Å². The fourth-order valence-electron chi connectivity index (χ4n) is 1.68. The van der Waals surface area contributed by atoms with E-state index < -0.39 is 0 Å². The fraction of sp³-hybridized carbons (Fsp3) is 0.143. The lowest BCUT2D eigenvalue weighted by molar-refractivity contribution is 0.102. The molecule has 20 heavy (non-hydrogen) atoms. The van der Waals surface area contributed by atoms with Crippen LogP contribution < -0.4 is 21.3 Å². The predicted octanol–water partition coefficient (Wildman–Crippen LogP) is 2.02. The van der Waals surface area contributed by atoms with Crippen LogP contribution in [-0.4, -0.2) is 17.5 Å². The lowest BCUT2D eigenvalue weighted by atomic mass is 10.2. The third-order valence-electron chi connectivity index (χ3n) is 2.57. The van der Waals surface area contributed by atoms with Gasteiger partial charge < -0.3 is 15.5 Å². The van der Waals surface area contributed by atoms with Crippen LogP contribution in [0.1, 0.15) is 17.3 Å². The Labute approximate surface area is 116 Å². The number of nitrogens with one attached hydrogen (secondary N) is 2. The summed E-state index contributed by atoms with van der Waals surface area (Å²) in [7, 11) is 0. The quantitative estimate of drug-likeness (QED) is 0.572. The maximum absolute atomic E-state index is 12.1. The highest BCUT2D eigenvalue weighted by Gasteiger charge is 2.07. The maximum Gasteiger partial charge on any atom is 0.255 e. The average molecular weight is 272 g/mol. The van der Waals surface area contributed by atoms with E-state index in [1.165, 1.54) is 6.20 Å². The van der Waals surface area contributed by atoms with Gasteiger partial charge in [-0.3, -0.25) is 4.79 Å². The number of anilines is 2. The van der Waals surface area contributed by atoms with Crippen LogP contribution in [0.25, 0.3) is 0 Å². The molecule has 0 bridgehead atoms. The van der Waals surface area contributed by atoms with E-state index in [1.807, 2.05) is 19.1 Å². The van der Waals surface area contributed by atoms with Crippen LogP contribution in [0.15, 0.2) is 42.6 Å². The number of carbonyl (C=O) groups excluding carboxylic acids is 1. The van der Waals surface area contributed by atoms with Crippen LogP contribution in [0.2, 0.25) is 0 Å². The van der Waals surface area contributed by atoms with Gasteiger partial charge in [-0.25, -0.2) is 10.8 Å². The summed E-state index contributed by atoms with van der Waals surface area (Å²) in [5, 5.41) is 2.79. The van der Waals surface area contributed by atoms with E-state index in [2.05, 4.69) is 15.7 Å². The van der Waals surface area contributed by atoms with E-state index in [4.69, 9.17) is 10.6 Å². The highest BCUT2D eigenvalue weighted by atomic mass is 16.5. The summed E-state index contributed by atoms with van der Waals surface area (Å²) in [6, 6.07) is 10.4. The number of ether oxygens (including phenoxy) is 1. The largest absolute Gasteiger partial charge is 0.494 e. The van der Waals surface area contributed by atoms with Crippen LogP contribution in [0.5, 0.6) is 5.75 Å². The summed E-state index contributed by atoms with van der Waals surface area (Å²) < 4.78 is 5.38. The number of pyridine rings is 1. The molecular formula is C14H16N4O2. The Hall–Kier alpha value is -2.60. The summed E-state index contributed by atoms with van der Waals surface area (Å²) in [5.74, 6) is 6.17. The van der Waals surface area contributed by atoms with Crippen molar-refractivity contribution in [1.29, 1.82) is 0 Å². The minimum Gasteiger partial charge on any atom is -0.494 e. The van der Waals surface area contributed by atoms with Gasteiger partial charge in [0.05, 0.1) is 6.61 Å². The summed E-state index contributed by atoms with van der Waals surface area (Å²) >= 11 is 0. The number of nitrogens with zero attached hydrogens (tertiary/aromatic N) is 1. The van der Waals surface area contributed by atoms with Crippen molar-refractivity contribution in [2.45, 2.75) is 6.92 Å². The molecule has 0 aliphatic heterocycles. The number of hydrazine groups is 1. The van der Waals surface area contributed by atoms with Crippen molar-refractivity contribution < 1.29 is 9.53 Å². The van der Waals surface area contributed by atoms with Gasteiger partial charge in [-0.15, -0.1) is 0 Å². The number of nitrogen functional groups attached to an aromatic ring is 1. The van der Waals surface area contributed by atoms with Gasteiger partial charge in [0.1, 0.15) is 11.6 Å². The number of carbonyl (C=O) groups is 1. The third kappa shape index (κ3) is 3.46. The minimum absolute atomic E-state index is 0.238. The fourth-order valence-corrected chi connectivity index (χ4v) is 1.68. The molecule has 4 N–H and O–H groups in total. The Bertz CT molecular complexity index is 601. The molecule has 0 atom stereocenters. The molecule has 0 aliphatic rings. The molecular weight excluding hydrogens is 256 g/mol. The number of aromatic nitrogens is 1. The number of hydrogen-bond acceptors (Lipinski definition) is 5. The zero-order valence-electron chi connectivity index (χ0n) is 11.1. The monoisotopic (exact) mass is 272 g/mol. The molecule has 104 valence electrons. The third-order valence-corrected chi connectivity index (χ3v) is 2.57. The Morgan fingerprint density at radius 1 is 1.35 bits per heavy atom. The van der Waals surface area contributed by atoms with E-state index in [1.54, 1.807) is 24.3 Å². The molecule has 2 rings (SSSR count). The predicted molar refractivity (Wildman–Crippen MR) is 77.6 cm³/mol. The van der Waals surface area contributed by atoms with E-state index in [0.717, 1.165) is 0 Å².